The molecule has 0 bridgehead atoms. The Hall–Kier alpha value is -1.31. The van der Waals surface area contributed by atoms with Crippen LogP contribution in [0.3, 0.4) is 0 Å². The molecule has 2 heteroatoms. The lowest BCUT2D eigenvalue weighted by Gasteiger charge is -2.05. The summed E-state index contributed by atoms with van der Waals surface area (Å²) in [7, 11) is 0. The Morgan fingerprint density at radius 1 is 1.36 bits per heavy atom. The molecule has 0 spiro atoms. The van der Waals surface area contributed by atoms with Gasteiger partial charge in [-0.1, -0.05) is 26.0 Å². The summed E-state index contributed by atoms with van der Waals surface area (Å²) < 4.78 is 0. The second-order valence-electron chi connectivity index (χ2n) is 3.73. The molecule has 0 saturated carbocycles. The Bertz CT molecular complexity index is 371. The number of carbonyl (C=O) groups excluding carboxylic acids is 1. The highest BCUT2D eigenvalue weighted by molar-refractivity contribution is 6.02. The highest BCUT2D eigenvalue weighted by atomic mass is 16.2. The van der Waals surface area contributed by atoms with Gasteiger partial charge in [0.2, 0.25) is 5.91 Å². The van der Waals surface area contributed by atoms with Gasteiger partial charge in [0, 0.05) is 5.69 Å². The standard InChI is InChI=1S/C12H15NO/c1-3-8-5-6-11-10(7-8)9(4-2)12(14)13-11/h5-7,9H,3-4H2,1-2H3,(H,13,14). The molecule has 0 saturated heterocycles. The Morgan fingerprint density at radius 3 is 2.79 bits per heavy atom. The zero-order valence-electron chi connectivity index (χ0n) is 8.63. The van der Waals surface area contributed by atoms with Gasteiger partial charge in [-0.15, -0.1) is 0 Å². The zero-order chi connectivity index (χ0) is 10.1. The average Bonchev–Trinajstić information content (AvgIpc) is 2.52. The first kappa shape index (κ1) is 9.25. The minimum absolute atomic E-state index is 0.0662. The van der Waals surface area contributed by atoms with E-state index < -0.39 is 0 Å². The van der Waals surface area contributed by atoms with E-state index in [2.05, 4.69) is 31.3 Å². The molecule has 1 aromatic rings. The Balaban J connectivity index is 2.44. The van der Waals surface area contributed by atoms with Crippen molar-refractivity contribution in [3.05, 3.63) is 29.3 Å². The number of nitrogens with one attached hydrogen (secondary N) is 1. The largest absolute Gasteiger partial charge is 0.325 e. The molecule has 74 valence electrons. The van der Waals surface area contributed by atoms with Gasteiger partial charge in [-0.25, -0.2) is 0 Å². The molecule has 1 N–H and O–H groups in total. The normalized spacial score (nSPS) is 19.3. The molecule has 0 aromatic heterocycles. The van der Waals surface area contributed by atoms with Crippen molar-refractivity contribution in [1.29, 1.82) is 0 Å². The Labute approximate surface area is 84.3 Å². The summed E-state index contributed by atoms with van der Waals surface area (Å²) in [6.07, 6.45) is 1.91. The van der Waals surface area contributed by atoms with E-state index in [4.69, 9.17) is 0 Å². The molecule has 1 aliphatic rings. The van der Waals surface area contributed by atoms with Crippen molar-refractivity contribution < 1.29 is 4.79 Å². The van der Waals surface area contributed by atoms with Crippen LogP contribution in [0.15, 0.2) is 18.2 Å². The van der Waals surface area contributed by atoms with E-state index in [0.717, 1.165) is 18.5 Å². The number of fused-ring (bicyclic) bond motifs is 1. The molecule has 0 aliphatic carbocycles. The van der Waals surface area contributed by atoms with Gasteiger partial charge in [0.15, 0.2) is 0 Å². The van der Waals surface area contributed by atoms with Crippen LogP contribution in [-0.4, -0.2) is 5.91 Å². The highest BCUT2D eigenvalue weighted by Crippen LogP contribution is 2.34. The molecule has 1 atom stereocenters. The van der Waals surface area contributed by atoms with E-state index in [-0.39, 0.29) is 11.8 Å². The monoisotopic (exact) mass is 189 g/mol. The summed E-state index contributed by atoms with van der Waals surface area (Å²) >= 11 is 0. The summed E-state index contributed by atoms with van der Waals surface area (Å²) in [6, 6.07) is 6.25. The van der Waals surface area contributed by atoms with Crippen molar-refractivity contribution in [2.45, 2.75) is 32.6 Å². The van der Waals surface area contributed by atoms with Gasteiger partial charge in [-0.3, -0.25) is 4.79 Å². The molecule has 0 fully saturated rings. The van der Waals surface area contributed by atoms with Gasteiger partial charge in [0.05, 0.1) is 5.92 Å². The van der Waals surface area contributed by atoms with Crippen molar-refractivity contribution in [1.82, 2.24) is 0 Å². The van der Waals surface area contributed by atoms with Crippen LogP contribution in [-0.2, 0) is 11.2 Å². The second-order valence-corrected chi connectivity index (χ2v) is 3.73. The molecule has 1 heterocycles. The van der Waals surface area contributed by atoms with Crippen LogP contribution < -0.4 is 5.32 Å². The van der Waals surface area contributed by atoms with Crippen LogP contribution in [0.5, 0.6) is 0 Å². The van der Waals surface area contributed by atoms with Crippen molar-refractivity contribution in [3.63, 3.8) is 0 Å². The first-order valence-corrected chi connectivity index (χ1v) is 5.20. The third-order valence-electron chi connectivity index (χ3n) is 2.88. The van der Waals surface area contributed by atoms with Gasteiger partial charge < -0.3 is 5.32 Å². The van der Waals surface area contributed by atoms with Crippen LogP contribution in [0, 0.1) is 0 Å². The average molecular weight is 189 g/mol. The van der Waals surface area contributed by atoms with Gasteiger partial charge in [-0.05, 0) is 30.0 Å². The van der Waals surface area contributed by atoms with Crippen molar-refractivity contribution in [3.8, 4) is 0 Å². The van der Waals surface area contributed by atoms with E-state index in [1.54, 1.807) is 0 Å². The third-order valence-corrected chi connectivity index (χ3v) is 2.88. The smallest absolute Gasteiger partial charge is 0.231 e. The maximum Gasteiger partial charge on any atom is 0.231 e. The van der Waals surface area contributed by atoms with Crippen LogP contribution in [0.4, 0.5) is 5.69 Å². The fourth-order valence-corrected chi connectivity index (χ4v) is 2.00. The Kier molecular flexibility index (Phi) is 2.28. The topological polar surface area (TPSA) is 29.1 Å². The Morgan fingerprint density at radius 2 is 2.14 bits per heavy atom. The number of hydrogen-bond acceptors (Lipinski definition) is 1. The van der Waals surface area contributed by atoms with Crippen molar-refractivity contribution >= 4 is 11.6 Å². The summed E-state index contributed by atoms with van der Waals surface area (Å²) in [6.45, 7) is 4.19. The summed E-state index contributed by atoms with van der Waals surface area (Å²) in [5.74, 6) is 0.215. The SMILES string of the molecule is CCc1ccc2c(c1)C(CC)C(=O)N2. The number of rotatable bonds is 2. The first-order valence-electron chi connectivity index (χ1n) is 5.20. The van der Waals surface area contributed by atoms with Crippen LogP contribution in [0.1, 0.15) is 37.3 Å². The van der Waals surface area contributed by atoms with E-state index in [1.807, 2.05) is 6.07 Å². The predicted molar refractivity (Wildman–Crippen MR) is 57.5 cm³/mol. The zero-order valence-corrected chi connectivity index (χ0v) is 8.63. The maximum absolute atomic E-state index is 11.6. The predicted octanol–water partition coefficient (Wildman–Crippen LogP) is 2.69. The molecule has 2 rings (SSSR count). The lowest BCUT2D eigenvalue weighted by Crippen LogP contribution is -2.10. The highest BCUT2D eigenvalue weighted by Gasteiger charge is 2.28. The molecular formula is C12H15NO. The third kappa shape index (κ3) is 1.31. The van der Waals surface area contributed by atoms with Crippen LogP contribution in [0.25, 0.3) is 0 Å². The van der Waals surface area contributed by atoms with Gasteiger partial charge in [-0.2, -0.15) is 0 Å². The minimum atomic E-state index is 0.0662. The fourth-order valence-electron chi connectivity index (χ4n) is 2.00. The van der Waals surface area contributed by atoms with Crippen molar-refractivity contribution in [2.75, 3.05) is 5.32 Å². The van der Waals surface area contributed by atoms with Gasteiger partial charge in [0.25, 0.3) is 0 Å². The van der Waals surface area contributed by atoms with E-state index >= 15 is 0 Å². The van der Waals surface area contributed by atoms with Crippen molar-refractivity contribution in [2.24, 2.45) is 0 Å². The number of hydrogen-bond donors (Lipinski definition) is 1. The molecule has 2 nitrogen and oxygen atoms in total. The lowest BCUT2D eigenvalue weighted by molar-refractivity contribution is -0.117. The summed E-state index contributed by atoms with van der Waals surface area (Å²) in [5, 5.41) is 2.91. The van der Waals surface area contributed by atoms with E-state index in [0.29, 0.717) is 0 Å². The maximum atomic E-state index is 11.6. The number of benzene rings is 1. The number of amides is 1. The molecule has 14 heavy (non-hydrogen) atoms. The molecule has 1 amide bonds. The minimum Gasteiger partial charge on any atom is -0.325 e. The number of aryl methyl sites for hydroxylation is 1. The second kappa shape index (κ2) is 3.45. The summed E-state index contributed by atoms with van der Waals surface area (Å²) in [4.78, 5) is 11.6. The van der Waals surface area contributed by atoms with Gasteiger partial charge >= 0.3 is 0 Å². The first-order chi connectivity index (χ1) is 6.76. The van der Waals surface area contributed by atoms with Gasteiger partial charge in [0.1, 0.15) is 0 Å². The summed E-state index contributed by atoms with van der Waals surface area (Å²) in [5.41, 5.74) is 3.48. The van der Waals surface area contributed by atoms with E-state index in [1.165, 1.54) is 11.1 Å². The molecular weight excluding hydrogens is 174 g/mol. The lowest BCUT2D eigenvalue weighted by atomic mass is 9.96. The molecule has 0 radical (unpaired) electrons. The van der Waals surface area contributed by atoms with Crippen LogP contribution >= 0.6 is 0 Å². The quantitative estimate of drug-likeness (QED) is 0.761. The number of carbonyl (C=O) groups is 1. The molecule has 1 aromatic carbocycles. The van der Waals surface area contributed by atoms with E-state index in [9.17, 15) is 4.79 Å². The van der Waals surface area contributed by atoms with Crippen LogP contribution in [0.2, 0.25) is 0 Å². The molecule has 1 aliphatic heterocycles. The molecule has 1 unspecified atom stereocenters. The number of anilines is 1. The fraction of sp³-hybridized carbons (Fsp3) is 0.417.